The molecule has 0 radical (unpaired) electrons. The Hall–Kier alpha value is -2.43. The van der Waals surface area contributed by atoms with Crippen molar-refractivity contribution in [1.29, 1.82) is 0 Å². The molecule has 1 aromatic heterocycles. The van der Waals surface area contributed by atoms with Crippen molar-refractivity contribution >= 4 is 11.5 Å². The molecule has 2 aliphatic rings. The molecule has 0 amide bonds. The molecule has 1 saturated heterocycles. The van der Waals surface area contributed by atoms with Crippen LogP contribution in [0.3, 0.4) is 0 Å². The summed E-state index contributed by atoms with van der Waals surface area (Å²) in [7, 11) is 1.76. The third-order valence-electron chi connectivity index (χ3n) is 6.62. The fourth-order valence-corrected chi connectivity index (χ4v) is 4.98. The number of allylic oxidation sites excluding steroid dienone is 1. The lowest BCUT2D eigenvalue weighted by atomic mass is 9.86. The van der Waals surface area contributed by atoms with Crippen LogP contribution in [0.5, 0.6) is 0 Å². The number of benzene rings is 1. The Morgan fingerprint density at radius 2 is 1.90 bits per heavy atom. The van der Waals surface area contributed by atoms with E-state index >= 15 is 0 Å². The second-order valence-electron chi connectivity index (χ2n) is 8.70. The lowest BCUT2D eigenvalue weighted by molar-refractivity contribution is 0.273. The first-order valence-corrected chi connectivity index (χ1v) is 11.1. The highest BCUT2D eigenvalue weighted by Gasteiger charge is 2.29. The Bertz CT molecular complexity index is 892. The van der Waals surface area contributed by atoms with E-state index in [2.05, 4.69) is 17.5 Å². The van der Waals surface area contributed by atoms with Gasteiger partial charge in [0.2, 0.25) is 0 Å². The number of aromatic nitrogens is 1. The molecular formula is C25H31F2N3. The van der Waals surface area contributed by atoms with Crippen LogP contribution in [0.25, 0.3) is 0 Å². The third kappa shape index (κ3) is 4.50. The maximum atomic E-state index is 14.2. The van der Waals surface area contributed by atoms with Gasteiger partial charge in [0.25, 0.3) is 0 Å². The average molecular weight is 412 g/mol. The molecule has 1 aliphatic carbocycles. The molecule has 2 aromatic rings. The summed E-state index contributed by atoms with van der Waals surface area (Å²) in [5, 5.41) is 0. The molecule has 0 unspecified atom stereocenters. The molecule has 1 aromatic carbocycles. The van der Waals surface area contributed by atoms with E-state index < -0.39 is 11.6 Å². The Balaban J connectivity index is 1.51. The van der Waals surface area contributed by atoms with Crippen LogP contribution >= 0.6 is 0 Å². The van der Waals surface area contributed by atoms with E-state index in [1.54, 1.807) is 11.9 Å². The van der Waals surface area contributed by atoms with Gasteiger partial charge >= 0.3 is 0 Å². The Kier molecular flexibility index (Phi) is 6.35. The number of hydrogen-bond acceptors (Lipinski definition) is 3. The summed E-state index contributed by atoms with van der Waals surface area (Å²) in [6, 6.07) is 9.73. The van der Waals surface area contributed by atoms with Gasteiger partial charge in [-0.2, -0.15) is 0 Å². The smallest absolute Gasteiger partial charge is 0.149 e. The van der Waals surface area contributed by atoms with Crippen LogP contribution in [0.15, 0.2) is 48.7 Å². The summed E-state index contributed by atoms with van der Waals surface area (Å²) in [5.74, 6) is 0.250. The normalized spacial score (nSPS) is 19.8. The summed E-state index contributed by atoms with van der Waals surface area (Å²) in [6.07, 6.45) is 9.95. The van der Waals surface area contributed by atoms with Crippen LogP contribution in [0.4, 0.5) is 20.3 Å². The number of likely N-dealkylation sites (tertiary alicyclic amines) is 1. The van der Waals surface area contributed by atoms with Crippen LogP contribution in [-0.4, -0.2) is 23.5 Å². The molecule has 1 aliphatic heterocycles. The molecule has 160 valence electrons. The first-order chi connectivity index (χ1) is 14.5. The second-order valence-corrected chi connectivity index (χ2v) is 8.70. The van der Waals surface area contributed by atoms with Gasteiger partial charge in [-0.1, -0.05) is 44.7 Å². The van der Waals surface area contributed by atoms with Gasteiger partial charge in [0.05, 0.1) is 17.4 Å². The number of pyridine rings is 1. The first-order valence-electron chi connectivity index (χ1n) is 11.1. The Labute approximate surface area is 178 Å². The minimum Gasteiger partial charge on any atom is -0.367 e. The zero-order chi connectivity index (χ0) is 21.1. The first kappa shape index (κ1) is 20.8. The number of halogens is 2. The van der Waals surface area contributed by atoms with Gasteiger partial charge in [0.1, 0.15) is 17.5 Å². The summed E-state index contributed by atoms with van der Waals surface area (Å²) in [5.41, 5.74) is 2.53. The van der Waals surface area contributed by atoms with E-state index in [-0.39, 0.29) is 6.04 Å². The maximum Gasteiger partial charge on any atom is 0.149 e. The minimum atomic E-state index is -0.590. The third-order valence-corrected chi connectivity index (χ3v) is 6.62. The highest BCUT2D eigenvalue weighted by molar-refractivity contribution is 5.59. The summed E-state index contributed by atoms with van der Waals surface area (Å²) in [6.45, 7) is 5.45. The lowest BCUT2D eigenvalue weighted by Gasteiger charge is -2.32. The number of rotatable bonds is 6. The van der Waals surface area contributed by atoms with Crippen molar-refractivity contribution in [2.75, 3.05) is 18.5 Å². The van der Waals surface area contributed by atoms with Crippen LogP contribution in [0, 0.1) is 17.6 Å². The molecule has 2 heterocycles. The number of hydrogen-bond donors (Lipinski definition) is 0. The van der Waals surface area contributed by atoms with Crippen molar-refractivity contribution in [3.05, 3.63) is 66.0 Å². The standard InChI is InChI=1S/C25H31F2N3/c1-18(16-19-8-4-3-5-9-19)30-15-7-11-24(30)22-10-6-12-25(28-22)29(2)23-14-13-20(26)17-21(23)27/h6,10,12-14,17,19,24H,1,3-5,7-9,11,15-16H2,2H3/t24-/m0/s1. The molecule has 2 fully saturated rings. The highest BCUT2D eigenvalue weighted by atomic mass is 19.1. The van der Waals surface area contributed by atoms with Gasteiger partial charge < -0.3 is 9.80 Å². The zero-order valence-electron chi connectivity index (χ0n) is 17.8. The van der Waals surface area contributed by atoms with E-state index in [4.69, 9.17) is 4.98 Å². The van der Waals surface area contributed by atoms with E-state index in [1.807, 2.05) is 12.1 Å². The Morgan fingerprint density at radius 1 is 1.10 bits per heavy atom. The van der Waals surface area contributed by atoms with Crippen LogP contribution < -0.4 is 4.90 Å². The molecule has 3 nitrogen and oxygen atoms in total. The van der Waals surface area contributed by atoms with Crippen molar-refractivity contribution in [2.24, 2.45) is 5.92 Å². The molecule has 0 bridgehead atoms. The SMILES string of the molecule is C=C(CC1CCCCC1)N1CCC[C@H]1c1cccc(N(C)c2ccc(F)cc2F)n1. The summed E-state index contributed by atoms with van der Waals surface area (Å²) in [4.78, 5) is 8.96. The quantitative estimate of drug-likeness (QED) is 0.524. The van der Waals surface area contributed by atoms with Crippen molar-refractivity contribution in [3.8, 4) is 0 Å². The van der Waals surface area contributed by atoms with E-state index in [0.717, 1.165) is 43.5 Å². The fourth-order valence-electron chi connectivity index (χ4n) is 4.98. The highest BCUT2D eigenvalue weighted by Crippen LogP contribution is 2.38. The van der Waals surface area contributed by atoms with Crippen LogP contribution in [0.2, 0.25) is 0 Å². The predicted molar refractivity (Wildman–Crippen MR) is 118 cm³/mol. The van der Waals surface area contributed by atoms with Gasteiger partial charge in [0.15, 0.2) is 0 Å². The fraction of sp³-hybridized carbons (Fsp3) is 0.480. The van der Waals surface area contributed by atoms with E-state index in [1.165, 1.54) is 49.9 Å². The summed E-state index contributed by atoms with van der Waals surface area (Å²) >= 11 is 0. The molecule has 4 rings (SSSR count). The molecule has 1 saturated carbocycles. The number of anilines is 2. The summed E-state index contributed by atoms with van der Waals surface area (Å²) < 4.78 is 27.5. The Morgan fingerprint density at radius 3 is 2.67 bits per heavy atom. The van der Waals surface area contributed by atoms with Crippen molar-refractivity contribution in [1.82, 2.24) is 9.88 Å². The molecule has 0 spiro atoms. The zero-order valence-corrected chi connectivity index (χ0v) is 17.8. The van der Waals surface area contributed by atoms with Gasteiger partial charge in [0, 0.05) is 25.4 Å². The predicted octanol–water partition coefficient (Wildman–Crippen LogP) is 6.75. The molecule has 30 heavy (non-hydrogen) atoms. The van der Waals surface area contributed by atoms with Gasteiger partial charge in [-0.05, 0) is 49.4 Å². The van der Waals surface area contributed by atoms with E-state index in [0.29, 0.717) is 11.5 Å². The van der Waals surface area contributed by atoms with Crippen molar-refractivity contribution in [2.45, 2.75) is 57.4 Å². The van der Waals surface area contributed by atoms with Crippen LogP contribution in [-0.2, 0) is 0 Å². The van der Waals surface area contributed by atoms with Gasteiger partial charge in [-0.25, -0.2) is 13.8 Å². The largest absolute Gasteiger partial charge is 0.367 e. The van der Waals surface area contributed by atoms with Crippen molar-refractivity contribution < 1.29 is 8.78 Å². The second kappa shape index (κ2) is 9.15. The maximum absolute atomic E-state index is 14.2. The molecule has 1 atom stereocenters. The monoisotopic (exact) mass is 411 g/mol. The van der Waals surface area contributed by atoms with Gasteiger partial charge in [-0.15, -0.1) is 0 Å². The number of nitrogens with zero attached hydrogens (tertiary/aromatic N) is 3. The molecular weight excluding hydrogens is 380 g/mol. The average Bonchev–Trinajstić information content (AvgIpc) is 3.24. The molecule has 5 heteroatoms. The van der Waals surface area contributed by atoms with Gasteiger partial charge in [-0.3, -0.25) is 0 Å². The lowest BCUT2D eigenvalue weighted by Crippen LogP contribution is -2.25. The minimum absolute atomic E-state index is 0.215. The van der Waals surface area contributed by atoms with Crippen LogP contribution in [0.1, 0.15) is 63.1 Å². The van der Waals surface area contributed by atoms with Crippen molar-refractivity contribution in [3.63, 3.8) is 0 Å². The molecule has 0 N–H and O–H groups in total. The topological polar surface area (TPSA) is 19.4 Å². The van der Waals surface area contributed by atoms with E-state index in [9.17, 15) is 8.78 Å².